The number of hydrogen-bond donors (Lipinski definition) is 2. The average Bonchev–Trinajstić information content (AvgIpc) is 2.51. The second-order valence-corrected chi connectivity index (χ2v) is 5.80. The maximum Gasteiger partial charge on any atom is 0.221 e. The largest absolute Gasteiger partial charge is 0.370 e. The number of carbonyl (C=O) groups is 2. The van der Waals surface area contributed by atoms with Gasteiger partial charge in [0.1, 0.15) is 0 Å². The van der Waals surface area contributed by atoms with E-state index in [0.717, 1.165) is 18.0 Å². The molecule has 0 fully saturated rings. The van der Waals surface area contributed by atoms with Crippen LogP contribution in [0.15, 0.2) is 42.5 Å². The van der Waals surface area contributed by atoms with Crippen LogP contribution >= 0.6 is 11.6 Å². The Hall–Kier alpha value is -1.85. The second-order valence-electron chi connectivity index (χ2n) is 5.37. The van der Waals surface area contributed by atoms with Crippen molar-refractivity contribution in [3.63, 3.8) is 0 Å². The summed E-state index contributed by atoms with van der Waals surface area (Å²) in [5.74, 6) is -0.411. The number of amides is 2. The van der Waals surface area contributed by atoms with Crippen molar-refractivity contribution in [2.24, 2.45) is 5.73 Å². The van der Waals surface area contributed by atoms with Gasteiger partial charge in [-0.15, -0.1) is 0 Å². The molecule has 0 bridgehead atoms. The smallest absolute Gasteiger partial charge is 0.221 e. The van der Waals surface area contributed by atoms with E-state index in [4.69, 9.17) is 17.3 Å². The summed E-state index contributed by atoms with van der Waals surface area (Å²) in [4.78, 5) is 24.1. The van der Waals surface area contributed by atoms with Gasteiger partial charge in [0, 0.05) is 37.0 Å². The van der Waals surface area contributed by atoms with Gasteiger partial charge in [-0.3, -0.25) is 14.5 Å². The lowest BCUT2D eigenvalue weighted by Crippen LogP contribution is -2.39. The van der Waals surface area contributed by atoms with Gasteiger partial charge >= 0.3 is 0 Å². The predicted octanol–water partition coefficient (Wildman–Crippen LogP) is 1.97. The molecule has 0 saturated carbocycles. The van der Waals surface area contributed by atoms with Crippen LogP contribution in [0.5, 0.6) is 0 Å². The SMILES string of the molecule is CN1CC=CCC1CC(=O)NCCC(N)=O.Clc1ccccc1. The Labute approximate surface area is 142 Å². The third-order valence-electron chi connectivity index (χ3n) is 3.44. The predicted molar refractivity (Wildman–Crippen MR) is 93.1 cm³/mol. The van der Waals surface area contributed by atoms with Gasteiger partial charge in [0.2, 0.25) is 11.8 Å². The fraction of sp³-hybridized carbons (Fsp3) is 0.412. The van der Waals surface area contributed by atoms with E-state index in [0.29, 0.717) is 13.0 Å². The van der Waals surface area contributed by atoms with Crippen LogP contribution in [0.3, 0.4) is 0 Å². The van der Waals surface area contributed by atoms with Crippen molar-refractivity contribution in [2.75, 3.05) is 20.1 Å². The van der Waals surface area contributed by atoms with Crippen LogP contribution in [-0.2, 0) is 9.59 Å². The van der Waals surface area contributed by atoms with Crippen molar-refractivity contribution < 1.29 is 9.59 Å². The lowest BCUT2D eigenvalue weighted by atomic mass is 10.1. The number of likely N-dealkylation sites (N-methyl/N-ethyl adjacent to an activating group) is 1. The Balaban J connectivity index is 0.000000313. The molecule has 1 aliphatic heterocycles. The zero-order valence-electron chi connectivity index (χ0n) is 13.4. The summed E-state index contributed by atoms with van der Waals surface area (Å²) in [6, 6.07) is 9.71. The van der Waals surface area contributed by atoms with Crippen LogP contribution in [-0.4, -0.2) is 42.9 Å². The van der Waals surface area contributed by atoms with Crippen LogP contribution < -0.4 is 11.1 Å². The third-order valence-corrected chi connectivity index (χ3v) is 3.69. The highest BCUT2D eigenvalue weighted by Gasteiger charge is 2.18. The number of nitrogens with zero attached hydrogens (tertiary/aromatic N) is 1. The molecule has 2 amide bonds. The van der Waals surface area contributed by atoms with Gasteiger partial charge in [-0.1, -0.05) is 42.0 Å². The molecule has 0 saturated heterocycles. The first-order chi connectivity index (χ1) is 11.0. The minimum atomic E-state index is -0.391. The summed E-state index contributed by atoms with van der Waals surface area (Å²) in [7, 11) is 2.00. The molecule has 2 rings (SSSR count). The van der Waals surface area contributed by atoms with E-state index >= 15 is 0 Å². The number of carbonyl (C=O) groups excluding carboxylic acids is 2. The van der Waals surface area contributed by atoms with Crippen LogP contribution in [0.25, 0.3) is 0 Å². The van der Waals surface area contributed by atoms with Gasteiger partial charge in [0.15, 0.2) is 0 Å². The molecule has 5 nitrogen and oxygen atoms in total. The van der Waals surface area contributed by atoms with Crippen molar-refractivity contribution in [1.82, 2.24) is 10.2 Å². The van der Waals surface area contributed by atoms with Crippen molar-refractivity contribution in [1.29, 1.82) is 0 Å². The Bertz CT molecular complexity index is 520. The lowest BCUT2D eigenvalue weighted by molar-refractivity contribution is -0.122. The molecule has 23 heavy (non-hydrogen) atoms. The summed E-state index contributed by atoms with van der Waals surface area (Å²) in [5, 5.41) is 3.49. The molecule has 1 atom stereocenters. The topological polar surface area (TPSA) is 75.4 Å². The van der Waals surface area contributed by atoms with Gasteiger partial charge < -0.3 is 11.1 Å². The number of primary amides is 1. The Kier molecular flexibility index (Phi) is 9.02. The first kappa shape index (κ1) is 19.2. The van der Waals surface area contributed by atoms with E-state index in [1.165, 1.54) is 0 Å². The Morgan fingerprint density at radius 3 is 2.52 bits per heavy atom. The fourth-order valence-electron chi connectivity index (χ4n) is 2.09. The van der Waals surface area contributed by atoms with Crippen LogP contribution in [0, 0.1) is 0 Å². The van der Waals surface area contributed by atoms with Gasteiger partial charge in [0.25, 0.3) is 0 Å². The zero-order chi connectivity index (χ0) is 17.1. The lowest BCUT2D eigenvalue weighted by Gasteiger charge is -2.28. The number of hydrogen-bond acceptors (Lipinski definition) is 3. The molecule has 1 aliphatic rings. The first-order valence-electron chi connectivity index (χ1n) is 7.60. The fourth-order valence-corrected chi connectivity index (χ4v) is 2.23. The van der Waals surface area contributed by atoms with E-state index in [9.17, 15) is 9.59 Å². The highest BCUT2D eigenvalue weighted by Crippen LogP contribution is 2.12. The molecule has 0 aromatic heterocycles. The van der Waals surface area contributed by atoms with Crippen LogP contribution in [0.4, 0.5) is 0 Å². The first-order valence-corrected chi connectivity index (χ1v) is 7.97. The van der Waals surface area contributed by atoms with Crippen molar-refractivity contribution in [2.45, 2.75) is 25.3 Å². The Morgan fingerprint density at radius 2 is 2.00 bits per heavy atom. The van der Waals surface area contributed by atoms with E-state index in [1.54, 1.807) is 0 Å². The van der Waals surface area contributed by atoms with Crippen molar-refractivity contribution in [3.05, 3.63) is 47.5 Å². The summed E-state index contributed by atoms with van der Waals surface area (Å²) >= 11 is 5.54. The molecule has 0 spiro atoms. The molecule has 0 radical (unpaired) electrons. The van der Waals surface area contributed by atoms with Gasteiger partial charge in [-0.2, -0.15) is 0 Å². The molecular formula is C17H24ClN3O2. The number of benzene rings is 1. The normalized spacial score (nSPS) is 17.0. The highest BCUT2D eigenvalue weighted by atomic mass is 35.5. The summed E-state index contributed by atoms with van der Waals surface area (Å²) in [6.45, 7) is 1.22. The number of rotatable bonds is 5. The maximum atomic E-state index is 11.5. The summed E-state index contributed by atoms with van der Waals surface area (Å²) in [6.07, 6.45) is 5.77. The number of halogens is 1. The molecule has 3 N–H and O–H groups in total. The average molecular weight is 338 g/mol. The molecule has 1 heterocycles. The molecule has 6 heteroatoms. The summed E-state index contributed by atoms with van der Waals surface area (Å²) in [5.41, 5.74) is 4.98. The molecule has 1 aromatic carbocycles. The molecule has 0 aliphatic carbocycles. The monoisotopic (exact) mass is 337 g/mol. The minimum Gasteiger partial charge on any atom is -0.370 e. The number of nitrogens with two attached hydrogens (primary N) is 1. The van der Waals surface area contributed by atoms with Crippen LogP contribution in [0.1, 0.15) is 19.3 Å². The van der Waals surface area contributed by atoms with E-state index in [2.05, 4.69) is 22.4 Å². The second kappa shape index (κ2) is 10.8. The van der Waals surface area contributed by atoms with Gasteiger partial charge in [0.05, 0.1) is 0 Å². The molecule has 1 unspecified atom stereocenters. The third kappa shape index (κ3) is 9.01. The quantitative estimate of drug-likeness (QED) is 0.806. The van der Waals surface area contributed by atoms with Crippen molar-refractivity contribution >= 4 is 23.4 Å². The van der Waals surface area contributed by atoms with E-state index in [-0.39, 0.29) is 18.4 Å². The van der Waals surface area contributed by atoms with E-state index < -0.39 is 5.91 Å². The van der Waals surface area contributed by atoms with Gasteiger partial charge in [-0.25, -0.2) is 0 Å². The Morgan fingerprint density at radius 1 is 1.30 bits per heavy atom. The van der Waals surface area contributed by atoms with Gasteiger partial charge in [-0.05, 0) is 25.6 Å². The number of nitrogens with one attached hydrogen (secondary N) is 1. The van der Waals surface area contributed by atoms with Crippen molar-refractivity contribution in [3.8, 4) is 0 Å². The molecular weight excluding hydrogens is 314 g/mol. The highest BCUT2D eigenvalue weighted by molar-refractivity contribution is 6.30. The zero-order valence-corrected chi connectivity index (χ0v) is 14.1. The molecule has 126 valence electrons. The standard InChI is InChI=1S/C11H19N3O2.C6H5Cl/c1-14-7-3-2-4-9(14)8-11(16)13-6-5-10(12)15;7-6-4-2-1-3-5-6/h2-3,9H,4-8H2,1H3,(H2,12,15)(H,13,16);1-5H. The summed E-state index contributed by atoms with van der Waals surface area (Å²) < 4.78 is 0. The minimum absolute atomic E-state index is 0.0200. The van der Waals surface area contributed by atoms with E-state index in [1.807, 2.05) is 37.4 Å². The molecule has 1 aromatic rings. The maximum absolute atomic E-state index is 11.5. The van der Waals surface area contributed by atoms with Crippen LogP contribution in [0.2, 0.25) is 5.02 Å².